The van der Waals surface area contributed by atoms with Crippen molar-refractivity contribution in [2.75, 3.05) is 12.0 Å². The molecule has 7 heteroatoms. The fourth-order valence-electron chi connectivity index (χ4n) is 1.80. The predicted molar refractivity (Wildman–Crippen MR) is 78.6 cm³/mol. The molecule has 0 fully saturated rings. The number of hydrazine groups is 1. The number of carbonyl (C=O) groups excluding carboxylic acids is 1. The van der Waals surface area contributed by atoms with Crippen LogP contribution in [0.2, 0.25) is 5.02 Å². The summed E-state index contributed by atoms with van der Waals surface area (Å²) < 4.78 is 1.77. The molecular weight excluding hydrogens is 278 g/mol. The van der Waals surface area contributed by atoms with Crippen LogP contribution in [-0.4, -0.2) is 22.2 Å². The molecule has 4 N–H and O–H groups in total. The molecule has 2 aromatic rings. The zero-order chi connectivity index (χ0) is 14.5. The summed E-state index contributed by atoms with van der Waals surface area (Å²) in [6.07, 6.45) is 3.69. The summed E-state index contributed by atoms with van der Waals surface area (Å²) in [4.78, 5) is 12.1. The van der Waals surface area contributed by atoms with E-state index in [2.05, 4.69) is 15.8 Å². The molecule has 1 aromatic carbocycles. The number of aromatic nitrogens is 2. The maximum atomic E-state index is 12.1. The van der Waals surface area contributed by atoms with Crippen molar-refractivity contribution in [2.45, 2.75) is 13.5 Å². The number of halogens is 1. The van der Waals surface area contributed by atoms with Crippen molar-refractivity contribution in [1.29, 1.82) is 0 Å². The predicted octanol–water partition coefficient (Wildman–Crippen LogP) is 1.56. The summed E-state index contributed by atoms with van der Waals surface area (Å²) in [6, 6.07) is 4.90. The van der Waals surface area contributed by atoms with E-state index in [1.807, 2.05) is 13.1 Å². The van der Waals surface area contributed by atoms with Gasteiger partial charge in [0.25, 0.3) is 5.91 Å². The Bertz CT molecular complexity index is 611. The van der Waals surface area contributed by atoms with Crippen LogP contribution in [0.1, 0.15) is 15.9 Å². The molecular formula is C13H16ClN5O. The van der Waals surface area contributed by atoms with Gasteiger partial charge in [0.2, 0.25) is 0 Å². The van der Waals surface area contributed by atoms with Crippen molar-refractivity contribution in [2.24, 2.45) is 5.84 Å². The molecule has 0 aliphatic carbocycles. The highest BCUT2D eigenvalue weighted by Gasteiger charge is 2.11. The SMILES string of the molecule is Cc1cnn(CCNC(=O)c2cc(Cl)ccc2NN)c1. The fourth-order valence-corrected chi connectivity index (χ4v) is 1.97. The van der Waals surface area contributed by atoms with Crippen LogP contribution in [0, 0.1) is 6.92 Å². The first-order valence-corrected chi connectivity index (χ1v) is 6.51. The lowest BCUT2D eigenvalue weighted by Crippen LogP contribution is -2.28. The number of aryl methyl sites for hydroxylation is 1. The van der Waals surface area contributed by atoms with Crippen molar-refractivity contribution < 1.29 is 4.79 Å². The molecule has 106 valence electrons. The van der Waals surface area contributed by atoms with E-state index in [9.17, 15) is 4.79 Å². The molecule has 0 aliphatic heterocycles. The van der Waals surface area contributed by atoms with Crippen LogP contribution in [0.4, 0.5) is 5.69 Å². The number of nitrogens with zero attached hydrogens (tertiary/aromatic N) is 2. The van der Waals surface area contributed by atoms with E-state index in [0.717, 1.165) is 5.56 Å². The van der Waals surface area contributed by atoms with Gasteiger partial charge < -0.3 is 10.7 Å². The number of nitrogens with two attached hydrogens (primary N) is 1. The molecule has 2 rings (SSSR count). The third-order valence-corrected chi connectivity index (χ3v) is 3.01. The van der Waals surface area contributed by atoms with Crippen molar-refractivity contribution >= 4 is 23.2 Å². The molecule has 0 atom stereocenters. The number of hydrogen-bond acceptors (Lipinski definition) is 4. The second kappa shape index (κ2) is 6.40. The Balaban J connectivity index is 1.96. The summed E-state index contributed by atoms with van der Waals surface area (Å²) in [5.41, 5.74) is 4.51. The van der Waals surface area contributed by atoms with Gasteiger partial charge in [0.15, 0.2) is 0 Å². The van der Waals surface area contributed by atoms with Gasteiger partial charge in [-0.15, -0.1) is 0 Å². The van der Waals surface area contributed by atoms with Crippen LogP contribution in [0.15, 0.2) is 30.6 Å². The maximum Gasteiger partial charge on any atom is 0.253 e. The van der Waals surface area contributed by atoms with E-state index in [-0.39, 0.29) is 5.91 Å². The first kappa shape index (κ1) is 14.4. The second-order valence-electron chi connectivity index (χ2n) is 4.37. The molecule has 6 nitrogen and oxygen atoms in total. The lowest BCUT2D eigenvalue weighted by Gasteiger charge is -2.10. The normalized spacial score (nSPS) is 10.3. The van der Waals surface area contributed by atoms with E-state index in [0.29, 0.717) is 29.4 Å². The summed E-state index contributed by atoms with van der Waals surface area (Å²) in [6.45, 7) is 3.04. The molecule has 0 saturated heterocycles. The number of rotatable bonds is 5. The summed E-state index contributed by atoms with van der Waals surface area (Å²) in [7, 11) is 0. The topological polar surface area (TPSA) is 85.0 Å². The lowest BCUT2D eigenvalue weighted by molar-refractivity contribution is 0.0952. The van der Waals surface area contributed by atoms with Crippen LogP contribution < -0.4 is 16.6 Å². The standard InChI is InChI=1S/C13H16ClN5O/c1-9-7-17-19(8-9)5-4-16-13(20)11-6-10(14)2-3-12(11)18-15/h2-3,6-8,18H,4-5,15H2,1H3,(H,16,20). The number of nitrogen functional groups attached to an aromatic ring is 1. The van der Waals surface area contributed by atoms with E-state index in [1.54, 1.807) is 29.1 Å². The Morgan fingerprint density at radius 1 is 1.50 bits per heavy atom. The Morgan fingerprint density at radius 2 is 2.30 bits per heavy atom. The van der Waals surface area contributed by atoms with Gasteiger partial charge in [-0.25, -0.2) is 0 Å². The number of amides is 1. The average Bonchev–Trinajstić information content (AvgIpc) is 2.84. The minimum absolute atomic E-state index is 0.232. The summed E-state index contributed by atoms with van der Waals surface area (Å²) >= 11 is 5.89. The largest absolute Gasteiger partial charge is 0.350 e. The minimum Gasteiger partial charge on any atom is -0.350 e. The Kier molecular flexibility index (Phi) is 4.60. The molecule has 0 spiro atoms. The smallest absolute Gasteiger partial charge is 0.253 e. The summed E-state index contributed by atoms with van der Waals surface area (Å²) in [5.74, 6) is 5.14. The van der Waals surface area contributed by atoms with Gasteiger partial charge in [-0.1, -0.05) is 11.6 Å². The first-order chi connectivity index (χ1) is 9.60. The highest BCUT2D eigenvalue weighted by Crippen LogP contribution is 2.19. The maximum absolute atomic E-state index is 12.1. The highest BCUT2D eigenvalue weighted by atomic mass is 35.5. The molecule has 0 bridgehead atoms. The molecule has 1 aromatic heterocycles. The van der Waals surface area contributed by atoms with Gasteiger partial charge in [0.1, 0.15) is 0 Å². The van der Waals surface area contributed by atoms with Crippen LogP contribution >= 0.6 is 11.6 Å². The average molecular weight is 294 g/mol. The Labute approximate surface area is 121 Å². The van der Waals surface area contributed by atoms with Gasteiger partial charge >= 0.3 is 0 Å². The van der Waals surface area contributed by atoms with Crippen LogP contribution in [0.3, 0.4) is 0 Å². The minimum atomic E-state index is -0.232. The molecule has 1 amide bonds. The third kappa shape index (κ3) is 3.49. The van der Waals surface area contributed by atoms with Crippen molar-refractivity contribution in [3.63, 3.8) is 0 Å². The molecule has 0 saturated carbocycles. The van der Waals surface area contributed by atoms with Crippen molar-refractivity contribution in [3.05, 3.63) is 46.7 Å². The molecule has 0 aliphatic rings. The monoisotopic (exact) mass is 293 g/mol. The van der Waals surface area contributed by atoms with Crippen molar-refractivity contribution in [1.82, 2.24) is 15.1 Å². The first-order valence-electron chi connectivity index (χ1n) is 6.13. The van der Waals surface area contributed by atoms with Crippen LogP contribution in [0.25, 0.3) is 0 Å². The van der Waals surface area contributed by atoms with Gasteiger partial charge in [-0.2, -0.15) is 5.10 Å². The summed E-state index contributed by atoms with van der Waals surface area (Å²) in [5, 5.41) is 7.43. The van der Waals surface area contributed by atoms with Gasteiger partial charge in [0.05, 0.1) is 24.0 Å². The van der Waals surface area contributed by atoms with Crippen molar-refractivity contribution in [3.8, 4) is 0 Å². The zero-order valence-electron chi connectivity index (χ0n) is 11.1. The van der Waals surface area contributed by atoms with E-state index in [4.69, 9.17) is 17.4 Å². The fraction of sp³-hybridized carbons (Fsp3) is 0.231. The molecule has 1 heterocycles. The van der Waals surface area contributed by atoms with E-state index < -0.39 is 0 Å². The lowest BCUT2D eigenvalue weighted by atomic mass is 10.1. The number of carbonyl (C=O) groups is 1. The van der Waals surface area contributed by atoms with Gasteiger partial charge in [-0.3, -0.25) is 15.3 Å². The number of hydrogen-bond donors (Lipinski definition) is 3. The Hall–Kier alpha value is -2.05. The highest BCUT2D eigenvalue weighted by molar-refractivity contribution is 6.31. The van der Waals surface area contributed by atoms with Crippen LogP contribution in [0.5, 0.6) is 0 Å². The van der Waals surface area contributed by atoms with Gasteiger partial charge in [0, 0.05) is 17.8 Å². The molecule has 0 radical (unpaired) electrons. The third-order valence-electron chi connectivity index (χ3n) is 2.77. The van der Waals surface area contributed by atoms with Crippen LogP contribution in [-0.2, 0) is 6.54 Å². The molecule has 20 heavy (non-hydrogen) atoms. The quantitative estimate of drug-likeness (QED) is 0.577. The number of benzene rings is 1. The zero-order valence-corrected chi connectivity index (χ0v) is 11.8. The second-order valence-corrected chi connectivity index (χ2v) is 4.81. The Morgan fingerprint density at radius 3 is 2.95 bits per heavy atom. The van der Waals surface area contributed by atoms with Gasteiger partial charge in [-0.05, 0) is 30.7 Å². The van der Waals surface area contributed by atoms with E-state index >= 15 is 0 Å². The number of nitrogens with one attached hydrogen (secondary N) is 2. The molecule has 0 unspecified atom stereocenters. The number of anilines is 1. The van der Waals surface area contributed by atoms with E-state index in [1.165, 1.54) is 0 Å².